The van der Waals surface area contributed by atoms with Gasteiger partial charge in [-0.3, -0.25) is 0 Å². The van der Waals surface area contributed by atoms with E-state index in [0.717, 1.165) is 0 Å². The Morgan fingerprint density at radius 3 is 2.00 bits per heavy atom. The van der Waals surface area contributed by atoms with Gasteiger partial charge in [-0.2, -0.15) is 5.26 Å². The third-order valence-electron chi connectivity index (χ3n) is 0. The zero-order valence-corrected chi connectivity index (χ0v) is 7.03. The summed E-state index contributed by atoms with van der Waals surface area (Å²) in [6.07, 6.45) is 0. The first-order chi connectivity index (χ1) is 1.41. The standard InChI is InChI=1S/CBrN.K.H/c2-1-3;;/q;+1;-1. The summed E-state index contributed by atoms with van der Waals surface area (Å²) in [4.78, 5) is 1.56. The van der Waals surface area contributed by atoms with Crippen molar-refractivity contribution in [1.82, 2.24) is 0 Å². The molecule has 0 radical (unpaired) electrons. The Labute approximate surface area is 77.4 Å². The maximum absolute atomic E-state index is 7.24. The average Bonchev–Trinajstić information content (AvgIpc) is 0.918. The second-order valence-corrected chi connectivity index (χ2v) is 0.439. The van der Waals surface area contributed by atoms with Crippen molar-refractivity contribution >= 4 is 15.9 Å². The molecule has 0 saturated heterocycles. The predicted octanol–water partition coefficient (Wildman–Crippen LogP) is -2.02. The van der Waals surface area contributed by atoms with Gasteiger partial charge in [-0.05, 0) is 0 Å². The molecule has 0 fully saturated rings. The van der Waals surface area contributed by atoms with E-state index < -0.39 is 0 Å². The van der Waals surface area contributed by atoms with Gasteiger partial charge in [-0.1, -0.05) is 0 Å². The van der Waals surface area contributed by atoms with E-state index in [1.807, 2.05) is 0 Å². The topological polar surface area (TPSA) is 23.8 Å². The van der Waals surface area contributed by atoms with Crippen LogP contribution in [0.25, 0.3) is 0 Å². The summed E-state index contributed by atoms with van der Waals surface area (Å²) in [6.45, 7) is 0. The van der Waals surface area contributed by atoms with Crippen LogP contribution >= 0.6 is 15.9 Å². The normalized spacial score (nSPS) is 2.00. The molecule has 4 heavy (non-hydrogen) atoms. The molecule has 0 aliphatic carbocycles. The third-order valence-corrected chi connectivity index (χ3v) is 0. The number of hydrogen-bond acceptors (Lipinski definition) is 1. The van der Waals surface area contributed by atoms with Crippen LogP contribution in [0, 0.1) is 10.2 Å². The molecule has 0 unspecified atom stereocenters. The molecular weight excluding hydrogens is 145 g/mol. The van der Waals surface area contributed by atoms with Gasteiger partial charge in [0.2, 0.25) is 0 Å². The van der Waals surface area contributed by atoms with Crippen LogP contribution in [0.5, 0.6) is 0 Å². The van der Waals surface area contributed by atoms with E-state index in [9.17, 15) is 0 Å². The van der Waals surface area contributed by atoms with Crippen molar-refractivity contribution in [3.63, 3.8) is 0 Å². The number of nitriles is 1. The molecule has 0 N–H and O–H groups in total. The molecule has 3 heteroatoms. The van der Waals surface area contributed by atoms with E-state index in [1.165, 1.54) is 0 Å². The summed E-state index contributed by atoms with van der Waals surface area (Å²) in [5.41, 5.74) is 0. The van der Waals surface area contributed by atoms with Crippen molar-refractivity contribution in [2.45, 2.75) is 0 Å². The van der Waals surface area contributed by atoms with Crippen LogP contribution in [0.3, 0.4) is 0 Å². The van der Waals surface area contributed by atoms with Gasteiger partial charge in [-0.25, -0.2) is 0 Å². The van der Waals surface area contributed by atoms with Crippen molar-refractivity contribution in [3.05, 3.63) is 0 Å². The Hall–Kier alpha value is 1.61. The van der Waals surface area contributed by atoms with E-state index >= 15 is 0 Å². The Morgan fingerprint density at radius 1 is 2.00 bits per heavy atom. The largest absolute Gasteiger partial charge is 1.00 e. The van der Waals surface area contributed by atoms with E-state index in [-0.39, 0.29) is 52.8 Å². The summed E-state index contributed by atoms with van der Waals surface area (Å²) in [5, 5.41) is 7.24. The molecule has 0 heterocycles. The molecule has 1 nitrogen and oxygen atoms in total. The van der Waals surface area contributed by atoms with Crippen LogP contribution in [0.2, 0.25) is 0 Å². The molecule has 0 aliphatic heterocycles. The summed E-state index contributed by atoms with van der Waals surface area (Å²) < 4.78 is 0. The Bertz CT molecular complexity index is 33.1. The fraction of sp³-hybridized carbons (Fsp3) is 0. The molecule has 0 spiro atoms. The molecule has 18 valence electrons. The number of rotatable bonds is 0. The van der Waals surface area contributed by atoms with Crippen LogP contribution in [0.1, 0.15) is 1.43 Å². The molecule has 0 saturated carbocycles. The predicted molar refractivity (Wildman–Crippen MR) is 15.7 cm³/mol. The van der Waals surface area contributed by atoms with Crippen molar-refractivity contribution in [1.29, 1.82) is 5.26 Å². The molecular formula is CHBrKN. The molecule has 0 bridgehead atoms. The van der Waals surface area contributed by atoms with Gasteiger partial charge in [0.1, 0.15) is 4.98 Å². The van der Waals surface area contributed by atoms with Gasteiger partial charge < -0.3 is 1.43 Å². The molecule has 0 aliphatic rings. The Kier molecular flexibility index (Phi) is 20.2. The molecule has 0 atom stereocenters. The zero-order chi connectivity index (χ0) is 2.71. The average molecular weight is 146 g/mol. The third kappa shape index (κ3) is 9.49. The van der Waals surface area contributed by atoms with Gasteiger partial charge in [0, 0.05) is 15.9 Å². The maximum atomic E-state index is 7.24. The number of hydrogen-bond donors (Lipinski definition) is 0. The number of nitrogens with zero attached hydrogens (tertiary/aromatic N) is 1. The summed E-state index contributed by atoms with van der Waals surface area (Å²) in [7, 11) is 0. The SMILES string of the molecule is N#CBr.[H-].[K+]. The zero-order valence-electron chi connectivity index (χ0n) is 3.33. The minimum Gasteiger partial charge on any atom is -1.00 e. The number of halogens is 1. The molecule has 0 aromatic rings. The molecule has 0 rings (SSSR count). The minimum absolute atomic E-state index is 0. The smallest absolute Gasteiger partial charge is 1.00 e. The molecule has 0 amide bonds. The maximum Gasteiger partial charge on any atom is 1.00 e. The van der Waals surface area contributed by atoms with Crippen LogP contribution < -0.4 is 51.4 Å². The van der Waals surface area contributed by atoms with Gasteiger partial charge in [0.15, 0.2) is 0 Å². The first kappa shape index (κ1) is 9.15. The Balaban J connectivity index is -0.0000000200. The van der Waals surface area contributed by atoms with E-state index in [0.29, 0.717) is 0 Å². The van der Waals surface area contributed by atoms with Crippen LogP contribution in [-0.4, -0.2) is 0 Å². The van der Waals surface area contributed by atoms with Gasteiger partial charge in [-0.15, -0.1) is 0 Å². The van der Waals surface area contributed by atoms with Crippen LogP contribution in [-0.2, 0) is 0 Å². The van der Waals surface area contributed by atoms with Crippen LogP contribution in [0.15, 0.2) is 0 Å². The minimum atomic E-state index is 0. The summed E-state index contributed by atoms with van der Waals surface area (Å²) in [5.74, 6) is 0. The molecule has 0 aromatic carbocycles. The van der Waals surface area contributed by atoms with Gasteiger partial charge in [0.05, 0.1) is 0 Å². The molecule has 0 aromatic heterocycles. The monoisotopic (exact) mass is 145 g/mol. The summed E-state index contributed by atoms with van der Waals surface area (Å²) >= 11 is 2.45. The first-order valence-corrected chi connectivity index (χ1v) is 1.21. The van der Waals surface area contributed by atoms with Gasteiger partial charge >= 0.3 is 51.4 Å². The summed E-state index contributed by atoms with van der Waals surface area (Å²) in [6, 6.07) is 0. The van der Waals surface area contributed by atoms with E-state index in [2.05, 4.69) is 15.9 Å². The van der Waals surface area contributed by atoms with Crippen molar-refractivity contribution in [3.8, 4) is 4.98 Å². The van der Waals surface area contributed by atoms with Crippen molar-refractivity contribution < 1.29 is 52.8 Å². The van der Waals surface area contributed by atoms with E-state index in [1.54, 1.807) is 4.98 Å². The van der Waals surface area contributed by atoms with Crippen molar-refractivity contribution in [2.24, 2.45) is 0 Å². The van der Waals surface area contributed by atoms with Gasteiger partial charge in [0.25, 0.3) is 0 Å². The fourth-order valence-corrected chi connectivity index (χ4v) is 0. The second-order valence-electron chi connectivity index (χ2n) is 0.0845. The van der Waals surface area contributed by atoms with Crippen LogP contribution in [0.4, 0.5) is 0 Å². The fourth-order valence-electron chi connectivity index (χ4n) is 0. The first-order valence-electron chi connectivity index (χ1n) is 0.413. The second kappa shape index (κ2) is 8.82. The Morgan fingerprint density at radius 2 is 2.00 bits per heavy atom. The van der Waals surface area contributed by atoms with Crippen molar-refractivity contribution in [2.75, 3.05) is 0 Å². The van der Waals surface area contributed by atoms with E-state index in [4.69, 9.17) is 5.26 Å². The quantitative estimate of drug-likeness (QED) is 0.362.